The van der Waals surface area contributed by atoms with Gasteiger partial charge in [0.25, 0.3) is 0 Å². The van der Waals surface area contributed by atoms with E-state index in [9.17, 15) is 19.2 Å². The van der Waals surface area contributed by atoms with Gasteiger partial charge in [-0.25, -0.2) is 19.6 Å². The van der Waals surface area contributed by atoms with Crippen molar-refractivity contribution in [1.29, 1.82) is 0 Å². The summed E-state index contributed by atoms with van der Waals surface area (Å²) in [6, 6.07) is 21.1. The predicted octanol–water partition coefficient (Wildman–Crippen LogP) is 13.0. The van der Waals surface area contributed by atoms with E-state index in [1.165, 1.54) is 58.7 Å². The second-order valence-electron chi connectivity index (χ2n) is 23.9. The number of H-pyrrole nitrogens is 2. The molecule has 14 heteroatoms. The van der Waals surface area contributed by atoms with Crippen LogP contribution in [0, 0.1) is 30.6 Å². The Balaban J connectivity index is 0.937. The van der Waals surface area contributed by atoms with Gasteiger partial charge in [-0.3, -0.25) is 9.59 Å². The Bertz CT molecular complexity index is 3230. The van der Waals surface area contributed by atoms with E-state index in [2.05, 4.69) is 119 Å². The highest BCUT2D eigenvalue weighted by molar-refractivity contribution is 5.89. The number of imidazole rings is 2. The van der Waals surface area contributed by atoms with Crippen LogP contribution in [0.15, 0.2) is 60.7 Å². The number of nitrogens with zero attached hydrogens (tertiary/aromatic N) is 4. The lowest BCUT2D eigenvalue weighted by molar-refractivity contribution is -0.139. The number of likely N-dealkylation sites (tertiary alicyclic amines) is 2. The zero-order chi connectivity index (χ0) is 55.8. The first kappa shape index (κ1) is 55.6. The minimum Gasteiger partial charge on any atom is -0.453 e. The summed E-state index contributed by atoms with van der Waals surface area (Å²) >= 11 is 0. The van der Waals surface area contributed by atoms with Gasteiger partial charge in [0, 0.05) is 12.1 Å². The Labute approximate surface area is 467 Å². The number of nitrogens with one attached hydrogen (secondary N) is 4. The highest BCUT2D eigenvalue weighted by atomic mass is 16.5. The lowest BCUT2D eigenvalue weighted by atomic mass is 9.84. The number of benzene rings is 4. The van der Waals surface area contributed by atoms with E-state index < -0.39 is 24.3 Å². The number of ether oxygens (including phenoxy) is 2. The van der Waals surface area contributed by atoms with E-state index in [-0.39, 0.29) is 47.8 Å². The van der Waals surface area contributed by atoms with E-state index in [4.69, 9.17) is 19.4 Å². The van der Waals surface area contributed by atoms with Crippen molar-refractivity contribution in [3.63, 3.8) is 0 Å². The number of aromatic nitrogens is 4. The fourth-order valence-corrected chi connectivity index (χ4v) is 14.3. The van der Waals surface area contributed by atoms with Gasteiger partial charge in [-0.15, -0.1) is 0 Å². The maximum atomic E-state index is 14.6. The van der Waals surface area contributed by atoms with Gasteiger partial charge in [-0.05, 0) is 181 Å². The van der Waals surface area contributed by atoms with Crippen LogP contribution in [0.4, 0.5) is 9.59 Å². The van der Waals surface area contributed by atoms with Crippen molar-refractivity contribution in [1.82, 2.24) is 40.4 Å². The molecule has 2 aromatic heterocycles. The Hall–Kier alpha value is -6.70. The molecular formula is C65H84N8O6. The number of aromatic amines is 2. The van der Waals surface area contributed by atoms with E-state index in [0.717, 1.165) is 141 Å². The molecule has 2 aliphatic carbocycles. The van der Waals surface area contributed by atoms with Crippen molar-refractivity contribution < 1.29 is 28.7 Å². The third-order valence-electron chi connectivity index (χ3n) is 18.5. The zero-order valence-electron chi connectivity index (χ0n) is 48.4. The summed E-state index contributed by atoms with van der Waals surface area (Å²) in [5.74, 6) is 2.00. The molecule has 0 spiro atoms. The number of aryl methyl sites for hydroxylation is 6. The van der Waals surface area contributed by atoms with Crippen molar-refractivity contribution in [3.05, 3.63) is 106 Å². The normalized spacial score (nSPS) is 21.8. The first-order valence-corrected chi connectivity index (χ1v) is 29.7. The van der Waals surface area contributed by atoms with Gasteiger partial charge in [-0.1, -0.05) is 111 Å². The summed E-state index contributed by atoms with van der Waals surface area (Å²) < 4.78 is 9.91. The highest BCUT2D eigenvalue weighted by Crippen LogP contribution is 2.48. The second-order valence-corrected chi connectivity index (χ2v) is 23.9. The molecule has 14 nitrogen and oxygen atoms in total. The molecule has 0 unspecified atom stereocenters. The molecule has 0 bridgehead atoms. The number of methoxy groups -OCH3 is 2. The summed E-state index contributed by atoms with van der Waals surface area (Å²) in [5.41, 5.74) is 16.2. The van der Waals surface area contributed by atoms with E-state index in [1.54, 1.807) is 0 Å². The minimum absolute atomic E-state index is 0.0686. The number of carbonyl (C=O) groups is 4. The van der Waals surface area contributed by atoms with Crippen molar-refractivity contribution in [2.24, 2.45) is 23.7 Å². The van der Waals surface area contributed by atoms with Gasteiger partial charge in [0.2, 0.25) is 11.8 Å². The number of alkyl carbamates (subject to hydrolysis) is 2. The third-order valence-corrected chi connectivity index (χ3v) is 18.5. The summed E-state index contributed by atoms with van der Waals surface area (Å²) in [6.45, 7) is 16.8. The molecule has 4 heterocycles. The van der Waals surface area contributed by atoms with Crippen LogP contribution in [0.2, 0.25) is 0 Å². The summed E-state index contributed by atoms with van der Waals surface area (Å²) in [4.78, 5) is 76.1. The Morgan fingerprint density at radius 2 is 1.00 bits per heavy atom. The fourth-order valence-electron chi connectivity index (χ4n) is 14.3. The molecule has 4 N–H and O–H groups in total. The average Bonchev–Trinajstić information content (AvgIpc) is 4.29. The molecule has 0 radical (unpaired) electrons. The lowest BCUT2D eigenvalue weighted by Gasteiger charge is -2.36. The molecule has 6 aromatic rings. The maximum absolute atomic E-state index is 14.6. The predicted molar refractivity (Wildman–Crippen MR) is 312 cm³/mol. The first-order valence-electron chi connectivity index (χ1n) is 29.7. The molecule has 2 aliphatic heterocycles. The molecular weight excluding hydrogens is 989 g/mol. The monoisotopic (exact) mass is 1070 g/mol. The van der Waals surface area contributed by atoms with Gasteiger partial charge in [0.15, 0.2) is 0 Å². The molecule has 8 atom stereocenters. The number of fused-ring (bicyclic) bond motifs is 4. The van der Waals surface area contributed by atoms with Crippen LogP contribution < -0.4 is 10.6 Å². The van der Waals surface area contributed by atoms with E-state index in [0.29, 0.717) is 11.8 Å². The van der Waals surface area contributed by atoms with Crippen LogP contribution in [0.3, 0.4) is 0 Å². The number of amides is 4. The Morgan fingerprint density at radius 3 is 1.47 bits per heavy atom. The SMILES string of the molecule is CCc1cc(CCc2cc(-c3ccc4[nH]c([C@@H]5C[C@@H]6CCCC[C@@H]6N5C(=O)[C@@H](NC(=O)OC)C(C)C)nc4c3)c(C)cc2CC)c(-c2ccc3[nH]c([C@@H]4C[C@@H]5CCCC[C@@H]5N4C(=O)[C@@H](NC(=O)OC)C(C)C)nc3c2)cc1CC. The number of carbonyl (C=O) groups excluding carboxylic acids is 4. The van der Waals surface area contributed by atoms with Gasteiger partial charge in [0.05, 0.1) is 48.4 Å². The van der Waals surface area contributed by atoms with Crippen LogP contribution in [0.5, 0.6) is 0 Å². The largest absolute Gasteiger partial charge is 0.453 e. The van der Waals surface area contributed by atoms with Crippen molar-refractivity contribution in [2.75, 3.05) is 14.2 Å². The van der Waals surface area contributed by atoms with Gasteiger partial charge < -0.3 is 39.9 Å². The molecule has 4 fully saturated rings. The van der Waals surface area contributed by atoms with Crippen LogP contribution in [0.25, 0.3) is 44.3 Å². The van der Waals surface area contributed by atoms with Crippen LogP contribution >= 0.6 is 0 Å². The van der Waals surface area contributed by atoms with Crippen LogP contribution in [0.1, 0.15) is 170 Å². The molecule has 79 heavy (non-hydrogen) atoms. The van der Waals surface area contributed by atoms with Gasteiger partial charge in [-0.2, -0.15) is 0 Å². The molecule has 2 saturated heterocycles. The van der Waals surface area contributed by atoms with Crippen molar-refractivity contribution in [3.8, 4) is 22.3 Å². The number of hydrogen-bond acceptors (Lipinski definition) is 8. The Kier molecular flexibility index (Phi) is 16.6. The minimum atomic E-state index is -0.702. The zero-order valence-corrected chi connectivity index (χ0v) is 48.4. The summed E-state index contributed by atoms with van der Waals surface area (Å²) in [6.07, 6.45) is 13.6. The van der Waals surface area contributed by atoms with E-state index >= 15 is 0 Å². The van der Waals surface area contributed by atoms with Crippen LogP contribution in [-0.4, -0.2) is 92.1 Å². The first-order chi connectivity index (χ1) is 38.1. The smallest absolute Gasteiger partial charge is 0.407 e. The standard InChI is InChI=1S/C65H84N8O6/c1-11-39-28-38(8)48(44-24-26-50-52(32-44)68-60(66-50)56-34-46-18-14-16-20-54(46)72(56)62(74)58(36(4)5)70-64(76)78-9)31-42(39)22-23-43-29-40(12-2)41(13-3)30-49(43)45-25-27-51-53(33-45)69-61(67-51)57-35-47-19-15-17-21-55(47)73(57)63(75)59(37(6)7)71-65(77)79-10/h24-33,36-37,46-47,54-59H,11-23,34-35H2,1-10H3,(H,66,68)(H,67,69)(H,70,76)(H,71,77)/t46-,47-,54-,55-,56-,57-,58-,59-/m0/s1. The number of rotatable bonds is 16. The maximum Gasteiger partial charge on any atom is 0.407 e. The molecule has 4 aliphatic rings. The van der Waals surface area contributed by atoms with E-state index in [1.807, 2.05) is 27.7 Å². The van der Waals surface area contributed by atoms with Gasteiger partial charge in [0.1, 0.15) is 23.7 Å². The van der Waals surface area contributed by atoms with Crippen molar-refractivity contribution in [2.45, 2.75) is 188 Å². The molecule has 4 aromatic carbocycles. The lowest BCUT2D eigenvalue weighted by Crippen LogP contribution is -2.53. The average molecular weight is 1070 g/mol. The third kappa shape index (κ3) is 11.0. The molecule has 420 valence electrons. The molecule has 10 rings (SSSR count). The van der Waals surface area contributed by atoms with Gasteiger partial charge >= 0.3 is 12.2 Å². The summed E-state index contributed by atoms with van der Waals surface area (Å²) in [7, 11) is 2.67. The highest BCUT2D eigenvalue weighted by Gasteiger charge is 2.50. The second kappa shape index (κ2) is 23.6. The summed E-state index contributed by atoms with van der Waals surface area (Å²) in [5, 5.41) is 5.70. The molecule has 4 amide bonds. The Morgan fingerprint density at radius 1 is 0.570 bits per heavy atom. The number of hydrogen-bond donors (Lipinski definition) is 4. The topological polar surface area (TPSA) is 175 Å². The fraction of sp³-hybridized carbons (Fsp3) is 0.538. The van der Waals surface area contributed by atoms with Crippen molar-refractivity contribution >= 4 is 46.1 Å². The van der Waals surface area contributed by atoms with Crippen LogP contribution in [-0.2, 0) is 51.2 Å². The molecule has 2 saturated carbocycles. The quantitative estimate of drug-likeness (QED) is 0.0741.